The molecule has 3 rings (SSSR count). The highest BCUT2D eigenvalue weighted by molar-refractivity contribution is 6.20. The summed E-state index contributed by atoms with van der Waals surface area (Å²) in [7, 11) is 1.62. The second-order valence-corrected chi connectivity index (χ2v) is 4.71. The summed E-state index contributed by atoms with van der Waals surface area (Å²) in [4.78, 5) is 21.0. The number of rotatable bonds is 2. The number of benzene rings is 1. The molecule has 2 aromatic rings. The number of nitrogens with zero attached hydrogens (tertiary/aromatic N) is 2. The van der Waals surface area contributed by atoms with E-state index in [0.29, 0.717) is 17.8 Å². The normalized spacial score (nSPS) is 13.7. The van der Waals surface area contributed by atoms with Gasteiger partial charge >= 0.3 is 0 Å². The average Bonchev–Trinajstić information content (AvgIpc) is 2.46. The van der Waals surface area contributed by atoms with E-state index < -0.39 is 0 Å². The van der Waals surface area contributed by atoms with Crippen molar-refractivity contribution in [3.8, 4) is 5.75 Å². The molecular weight excluding hydrogens is 252 g/mol. The fourth-order valence-electron chi connectivity index (χ4n) is 2.21. The van der Waals surface area contributed by atoms with E-state index in [9.17, 15) is 4.79 Å². The molecule has 0 unspecified atom stereocenters. The van der Waals surface area contributed by atoms with Gasteiger partial charge in [0.2, 0.25) is 0 Å². The molecule has 0 aliphatic carbocycles. The minimum Gasteiger partial charge on any atom is -0.497 e. The maximum atomic E-state index is 12.2. The van der Waals surface area contributed by atoms with Gasteiger partial charge in [-0.15, -0.1) is 0 Å². The number of aryl methyl sites for hydroxylation is 1. The van der Waals surface area contributed by atoms with Crippen LogP contribution in [-0.2, 0) is 0 Å². The number of pyridine rings is 1. The first-order valence-electron chi connectivity index (χ1n) is 6.40. The van der Waals surface area contributed by atoms with Crippen LogP contribution in [0, 0.1) is 6.92 Å². The van der Waals surface area contributed by atoms with Crippen molar-refractivity contribution in [2.75, 3.05) is 7.11 Å². The first-order valence-corrected chi connectivity index (χ1v) is 6.40. The fraction of sp³-hybridized carbons (Fsp3) is 0.188. The SMILES string of the molecule is COc1ccc(C2=Nc3nc(C)ccc3C(=O)C2)cc1. The van der Waals surface area contributed by atoms with Gasteiger partial charge in [0.15, 0.2) is 11.6 Å². The van der Waals surface area contributed by atoms with Gasteiger partial charge in [0, 0.05) is 5.69 Å². The summed E-state index contributed by atoms with van der Waals surface area (Å²) in [6.07, 6.45) is 0.310. The third-order valence-corrected chi connectivity index (χ3v) is 3.31. The van der Waals surface area contributed by atoms with Crippen molar-refractivity contribution < 1.29 is 9.53 Å². The largest absolute Gasteiger partial charge is 0.497 e. The van der Waals surface area contributed by atoms with Crippen molar-refractivity contribution in [1.29, 1.82) is 0 Å². The molecule has 0 bridgehead atoms. The molecule has 100 valence electrons. The van der Waals surface area contributed by atoms with Crippen LogP contribution in [0.2, 0.25) is 0 Å². The van der Waals surface area contributed by atoms with E-state index in [2.05, 4.69) is 9.98 Å². The lowest BCUT2D eigenvalue weighted by Gasteiger charge is -2.14. The van der Waals surface area contributed by atoms with Crippen molar-refractivity contribution in [1.82, 2.24) is 4.98 Å². The van der Waals surface area contributed by atoms with E-state index in [-0.39, 0.29) is 5.78 Å². The molecule has 0 amide bonds. The van der Waals surface area contributed by atoms with Gasteiger partial charge in [0.25, 0.3) is 0 Å². The highest BCUT2D eigenvalue weighted by atomic mass is 16.5. The van der Waals surface area contributed by atoms with Crippen LogP contribution in [0.5, 0.6) is 5.75 Å². The molecule has 0 saturated heterocycles. The third-order valence-electron chi connectivity index (χ3n) is 3.31. The Hall–Kier alpha value is -2.49. The summed E-state index contributed by atoms with van der Waals surface area (Å²) in [5, 5.41) is 0. The molecule has 0 spiro atoms. The van der Waals surface area contributed by atoms with Crippen molar-refractivity contribution in [2.24, 2.45) is 4.99 Å². The summed E-state index contributed by atoms with van der Waals surface area (Å²) < 4.78 is 5.13. The Morgan fingerprint density at radius 2 is 1.85 bits per heavy atom. The van der Waals surface area contributed by atoms with Crippen molar-refractivity contribution in [2.45, 2.75) is 13.3 Å². The first kappa shape index (κ1) is 12.5. The van der Waals surface area contributed by atoms with Crippen molar-refractivity contribution in [3.63, 3.8) is 0 Å². The molecule has 20 heavy (non-hydrogen) atoms. The lowest BCUT2D eigenvalue weighted by Crippen LogP contribution is -2.15. The Labute approximate surface area is 117 Å². The van der Waals surface area contributed by atoms with E-state index in [4.69, 9.17) is 4.74 Å². The van der Waals surface area contributed by atoms with Gasteiger partial charge in [0.05, 0.1) is 24.8 Å². The fourth-order valence-corrected chi connectivity index (χ4v) is 2.21. The van der Waals surface area contributed by atoms with Gasteiger partial charge in [-0.25, -0.2) is 9.98 Å². The van der Waals surface area contributed by atoms with Gasteiger partial charge in [-0.1, -0.05) is 0 Å². The van der Waals surface area contributed by atoms with Crippen LogP contribution in [0.1, 0.15) is 28.0 Å². The van der Waals surface area contributed by atoms with E-state index in [1.807, 2.05) is 37.3 Å². The predicted octanol–water partition coefficient (Wildman–Crippen LogP) is 3.11. The van der Waals surface area contributed by atoms with Crippen LogP contribution in [0.25, 0.3) is 0 Å². The number of methoxy groups -OCH3 is 1. The molecule has 0 saturated carbocycles. The lowest BCUT2D eigenvalue weighted by molar-refractivity contribution is 0.0999. The number of aliphatic imine (C=N–C) groups is 1. The molecule has 0 radical (unpaired) electrons. The minimum absolute atomic E-state index is 0.0633. The Kier molecular flexibility index (Phi) is 3.06. The number of fused-ring (bicyclic) bond motifs is 1. The van der Waals surface area contributed by atoms with E-state index in [0.717, 1.165) is 22.7 Å². The van der Waals surface area contributed by atoms with Crippen LogP contribution in [0.3, 0.4) is 0 Å². The number of ketones is 1. The van der Waals surface area contributed by atoms with Crippen LogP contribution >= 0.6 is 0 Å². The van der Waals surface area contributed by atoms with Crippen LogP contribution in [0.4, 0.5) is 5.82 Å². The zero-order chi connectivity index (χ0) is 14.1. The molecule has 0 fully saturated rings. The average molecular weight is 266 g/mol. The molecule has 1 aromatic heterocycles. The molecule has 4 heteroatoms. The second kappa shape index (κ2) is 4.89. The molecular formula is C16H14N2O2. The number of hydrogen-bond donors (Lipinski definition) is 0. The van der Waals surface area contributed by atoms with E-state index >= 15 is 0 Å². The number of aromatic nitrogens is 1. The molecule has 2 heterocycles. The highest BCUT2D eigenvalue weighted by Crippen LogP contribution is 2.26. The topological polar surface area (TPSA) is 51.6 Å². The first-order chi connectivity index (χ1) is 9.67. The number of carbonyl (C=O) groups excluding carboxylic acids is 1. The summed E-state index contributed by atoms with van der Waals surface area (Å²) in [6, 6.07) is 11.2. The number of carbonyl (C=O) groups is 1. The van der Waals surface area contributed by atoms with Gasteiger partial charge < -0.3 is 4.74 Å². The van der Waals surface area contributed by atoms with E-state index in [1.54, 1.807) is 13.2 Å². The number of hydrogen-bond acceptors (Lipinski definition) is 4. The van der Waals surface area contributed by atoms with Crippen LogP contribution < -0.4 is 4.74 Å². The molecule has 1 aromatic carbocycles. The Balaban J connectivity index is 2.04. The smallest absolute Gasteiger partial charge is 0.172 e. The van der Waals surface area contributed by atoms with Gasteiger partial charge in [-0.2, -0.15) is 0 Å². The lowest BCUT2D eigenvalue weighted by atomic mass is 9.98. The quantitative estimate of drug-likeness (QED) is 0.839. The summed E-state index contributed by atoms with van der Waals surface area (Å²) in [5.41, 5.74) is 3.14. The Bertz CT molecular complexity index is 703. The zero-order valence-corrected chi connectivity index (χ0v) is 11.4. The maximum Gasteiger partial charge on any atom is 0.172 e. The monoisotopic (exact) mass is 266 g/mol. The minimum atomic E-state index is 0.0633. The summed E-state index contributed by atoms with van der Waals surface area (Å²) in [5.74, 6) is 1.37. The molecule has 0 N–H and O–H groups in total. The highest BCUT2D eigenvalue weighted by Gasteiger charge is 2.21. The van der Waals surface area contributed by atoms with E-state index in [1.165, 1.54) is 0 Å². The maximum absolute atomic E-state index is 12.2. The third kappa shape index (κ3) is 2.20. The molecule has 1 aliphatic rings. The van der Waals surface area contributed by atoms with Crippen LogP contribution in [0.15, 0.2) is 41.4 Å². The number of ether oxygens (including phenoxy) is 1. The predicted molar refractivity (Wildman–Crippen MR) is 77.1 cm³/mol. The Morgan fingerprint density at radius 3 is 2.55 bits per heavy atom. The van der Waals surface area contributed by atoms with Gasteiger partial charge in [-0.3, -0.25) is 4.79 Å². The zero-order valence-electron chi connectivity index (χ0n) is 11.4. The van der Waals surface area contributed by atoms with Gasteiger partial charge in [0.1, 0.15) is 5.75 Å². The number of Topliss-reactive ketones (excluding diaryl/α,β-unsaturated/α-hetero) is 1. The van der Waals surface area contributed by atoms with Crippen LogP contribution in [-0.4, -0.2) is 23.6 Å². The van der Waals surface area contributed by atoms with Crippen molar-refractivity contribution >= 4 is 17.3 Å². The standard InChI is InChI=1S/C16H14N2O2/c1-10-3-8-13-15(19)9-14(18-16(13)17-10)11-4-6-12(20-2)7-5-11/h3-8H,9H2,1-2H3. The molecule has 1 aliphatic heterocycles. The van der Waals surface area contributed by atoms with Gasteiger partial charge in [-0.05, 0) is 48.9 Å². The Morgan fingerprint density at radius 1 is 1.10 bits per heavy atom. The summed E-state index contributed by atoms with van der Waals surface area (Å²) >= 11 is 0. The van der Waals surface area contributed by atoms with Crippen molar-refractivity contribution in [3.05, 3.63) is 53.2 Å². The molecule has 4 nitrogen and oxygen atoms in total. The molecule has 0 atom stereocenters. The summed E-state index contributed by atoms with van der Waals surface area (Å²) in [6.45, 7) is 1.89. The second-order valence-electron chi connectivity index (χ2n) is 4.71.